The van der Waals surface area contributed by atoms with Crippen molar-refractivity contribution in [1.29, 1.82) is 0 Å². The molecule has 2 unspecified atom stereocenters. The Labute approximate surface area is 155 Å². The lowest BCUT2D eigenvalue weighted by Gasteiger charge is -2.22. The van der Waals surface area contributed by atoms with Gasteiger partial charge in [-0.15, -0.1) is 0 Å². The molecule has 2 aliphatic heterocycles. The molecule has 3 aliphatic rings. The van der Waals surface area contributed by atoms with E-state index in [9.17, 15) is 13.6 Å². The molecule has 1 aliphatic carbocycles. The number of nitrogens with zero attached hydrogens (tertiary/aromatic N) is 3. The average molecular weight is 373 g/mol. The molecular formula is C20H21F2N3O2. The molecule has 27 heavy (non-hydrogen) atoms. The minimum Gasteiger partial charge on any atom is -0.373 e. The summed E-state index contributed by atoms with van der Waals surface area (Å²) in [5, 5.41) is 0. The van der Waals surface area contributed by atoms with Gasteiger partial charge in [0.05, 0.1) is 18.9 Å². The Kier molecular flexibility index (Phi) is 3.82. The molecule has 0 N–H and O–H groups in total. The maximum absolute atomic E-state index is 13.6. The third-order valence-corrected chi connectivity index (χ3v) is 6.08. The molecule has 0 radical (unpaired) electrons. The van der Waals surface area contributed by atoms with Crippen molar-refractivity contribution in [2.24, 2.45) is 11.8 Å². The number of likely N-dealkylation sites (tertiary alicyclic amines) is 1. The molecule has 3 heterocycles. The number of fused-ring (bicyclic) bond motifs is 2. The highest BCUT2D eigenvalue weighted by molar-refractivity contribution is 5.94. The largest absolute Gasteiger partial charge is 0.373 e. The number of carbonyl (C=O) groups is 1. The number of carbonyl (C=O) groups excluding carboxylic acids is 1. The summed E-state index contributed by atoms with van der Waals surface area (Å²) in [7, 11) is 0. The summed E-state index contributed by atoms with van der Waals surface area (Å²) in [6.45, 7) is 2.31. The van der Waals surface area contributed by atoms with Gasteiger partial charge < -0.3 is 14.2 Å². The van der Waals surface area contributed by atoms with Crippen LogP contribution in [-0.2, 0) is 17.9 Å². The Morgan fingerprint density at radius 1 is 1.11 bits per heavy atom. The zero-order valence-corrected chi connectivity index (χ0v) is 14.9. The van der Waals surface area contributed by atoms with Gasteiger partial charge in [-0.2, -0.15) is 0 Å². The Morgan fingerprint density at radius 2 is 1.81 bits per heavy atom. The van der Waals surface area contributed by atoms with E-state index >= 15 is 0 Å². The third kappa shape index (κ3) is 2.67. The predicted octanol–water partition coefficient (Wildman–Crippen LogP) is 3.20. The van der Waals surface area contributed by atoms with E-state index in [0.29, 0.717) is 51.4 Å². The summed E-state index contributed by atoms with van der Waals surface area (Å²) in [5.41, 5.74) is 2.14. The molecule has 0 spiro atoms. The number of halogens is 2. The van der Waals surface area contributed by atoms with Gasteiger partial charge >= 0.3 is 0 Å². The van der Waals surface area contributed by atoms with Crippen LogP contribution in [0.4, 0.5) is 8.78 Å². The number of aromatic nitrogens is 2. The van der Waals surface area contributed by atoms with Crippen LogP contribution in [0.5, 0.6) is 0 Å². The molecule has 2 aromatic rings. The van der Waals surface area contributed by atoms with Crippen LogP contribution >= 0.6 is 0 Å². The highest BCUT2D eigenvalue weighted by Crippen LogP contribution is 2.59. The van der Waals surface area contributed by atoms with Gasteiger partial charge in [0.1, 0.15) is 5.82 Å². The lowest BCUT2D eigenvalue weighted by molar-refractivity contribution is 0.0589. The zero-order chi connectivity index (χ0) is 18.6. The topological polar surface area (TPSA) is 47.4 Å². The van der Waals surface area contributed by atoms with Gasteiger partial charge in [0, 0.05) is 37.0 Å². The summed E-state index contributed by atoms with van der Waals surface area (Å²) in [6.07, 6.45) is 0.725. The van der Waals surface area contributed by atoms with E-state index in [-0.39, 0.29) is 5.91 Å². The summed E-state index contributed by atoms with van der Waals surface area (Å²) < 4.78 is 34.8. The van der Waals surface area contributed by atoms with E-state index < -0.39 is 17.8 Å². The summed E-state index contributed by atoms with van der Waals surface area (Å²) in [5.74, 6) is -3.06. The van der Waals surface area contributed by atoms with Gasteiger partial charge in [0.2, 0.25) is 0 Å². The highest BCUT2D eigenvalue weighted by atomic mass is 19.3. The van der Waals surface area contributed by atoms with E-state index in [0.717, 1.165) is 17.1 Å². The van der Waals surface area contributed by atoms with Gasteiger partial charge in [0.15, 0.2) is 5.69 Å². The van der Waals surface area contributed by atoms with Crippen LogP contribution < -0.4 is 0 Å². The van der Waals surface area contributed by atoms with Crippen molar-refractivity contribution in [2.45, 2.75) is 31.9 Å². The van der Waals surface area contributed by atoms with Gasteiger partial charge in [-0.1, -0.05) is 30.3 Å². The van der Waals surface area contributed by atoms with Crippen molar-refractivity contribution in [3.63, 3.8) is 0 Å². The Bertz CT molecular complexity index is 865. The standard InChI is InChI=1S/C20H21F2N3O2/c21-20(22)14-6-8-24(9-7-15(14)20)19(26)17-16-12-27-11-10-25(16)18(23-17)13-4-2-1-3-5-13/h1-5,14-15H,6-12H2. The molecule has 1 aromatic heterocycles. The predicted molar refractivity (Wildman–Crippen MR) is 94.4 cm³/mol. The molecule has 5 rings (SSSR count). The highest BCUT2D eigenvalue weighted by Gasteiger charge is 2.67. The second kappa shape index (κ2) is 6.12. The summed E-state index contributed by atoms with van der Waals surface area (Å²) in [6, 6.07) is 9.77. The van der Waals surface area contributed by atoms with Crippen molar-refractivity contribution in [1.82, 2.24) is 14.5 Å². The average Bonchev–Trinajstić information content (AvgIpc) is 3.12. The van der Waals surface area contributed by atoms with E-state index in [1.165, 1.54) is 0 Å². The molecule has 1 aromatic carbocycles. The molecule has 1 saturated carbocycles. The van der Waals surface area contributed by atoms with Gasteiger partial charge in [-0.05, 0) is 12.8 Å². The molecule has 7 heteroatoms. The van der Waals surface area contributed by atoms with E-state index in [1.54, 1.807) is 4.90 Å². The minimum atomic E-state index is -2.53. The van der Waals surface area contributed by atoms with Crippen molar-refractivity contribution in [3.05, 3.63) is 41.7 Å². The Balaban J connectivity index is 1.45. The second-order valence-corrected chi connectivity index (χ2v) is 7.56. The zero-order valence-electron chi connectivity index (χ0n) is 14.9. The number of ether oxygens (including phenoxy) is 1. The van der Waals surface area contributed by atoms with Crippen LogP contribution in [0.15, 0.2) is 30.3 Å². The number of rotatable bonds is 2. The first-order valence-electron chi connectivity index (χ1n) is 9.47. The Hall–Kier alpha value is -2.28. The molecule has 2 atom stereocenters. The van der Waals surface area contributed by atoms with Crippen LogP contribution in [0.1, 0.15) is 29.0 Å². The number of amides is 1. The first kappa shape index (κ1) is 16.9. The first-order chi connectivity index (χ1) is 13.1. The lowest BCUT2D eigenvalue weighted by atomic mass is 10.2. The maximum Gasteiger partial charge on any atom is 0.274 e. The molecule has 1 saturated heterocycles. The fraction of sp³-hybridized carbons (Fsp3) is 0.500. The summed E-state index contributed by atoms with van der Waals surface area (Å²) >= 11 is 0. The molecule has 1 amide bonds. The molecule has 0 bridgehead atoms. The van der Waals surface area contributed by atoms with Crippen molar-refractivity contribution in [3.8, 4) is 11.4 Å². The summed E-state index contributed by atoms with van der Waals surface area (Å²) in [4.78, 5) is 19.5. The van der Waals surface area contributed by atoms with Crippen LogP contribution in [0.25, 0.3) is 11.4 Å². The molecule has 5 nitrogen and oxygen atoms in total. The fourth-order valence-electron chi connectivity index (χ4n) is 4.48. The first-order valence-corrected chi connectivity index (χ1v) is 9.47. The van der Waals surface area contributed by atoms with Crippen molar-refractivity contribution in [2.75, 3.05) is 19.7 Å². The molecular weight excluding hydrogens is 352 g/mol. The quantitative estimate of drug-likeness (QED) is 0.812. The fourth-order valence-corrected chi connectivity index (χ4v) is 4.48. The normalized spacial score (nSPS) is 26.1. The van der Waals surface area contributed by atoms with Gasteiger partial charge in [-0.3, -0.25) is 4.79 Å². The number of benzene rings is 1. The number of hydrogen-bond acceptors (Lipinski definition) is 3. The molecule has 2 fully saturated rings. The molecule has 142 valence electrons. The minimum absolute atomic E-state index is 0.170. The van der Waals surface area contributed by atoms with Crippen molar-refractivity contribution >= 4 is 5.91 Å². The maximum atomic E-state index is 13.6. The smallest absolute Gasteiger partial charge is 0.274 e. The van der Waals surface area contributed by atoms with Gasteiger partial charge in [-0.25, -0.2) is 13.8 Å². The second-order valence-electron chi connectivity index (χ2n) is 7.56. The number of imidazole rings is 1. The van der Waals surface area contributed by atoms with E-state index in [2.05, 4.69) is 9.55 Å². The monoisotopic (exact) mass is 373 g/mol. The van der Waals surface area contributed by atoms with E-state index in [4.69, 9.17) is 4.74 Å². The number of alkyl halides is 2. The van der Waals surface area contributed by atoms with Crippen molar-refractivity contribution < 1.29 is 18.3 Å². The van der Waals surface area contributed by atoms with E-state index in [1.807, 2.05) is 30.3 Å². The van der Waals surface area contributed by atoms with Gasteiger partial charge in [0.25, 0.3) is 11.8 Å². The van der Waals surface area contributed by atoms with Crippen LogP contribution in [0.2, 0.25) is 0 Å². The third-order valence-electron chi connectivity index (χ3n) is 6.08. The SMILES string of the molecule is O=C(c1nc(-c2ccccc2)n2c1COCC2)N1CCC2C(CC1)C2(F)F. The van der Waals surface area contributed by atoms with Crippen LogP contribution in [0, 0.1) is 11.8 Å². The number of hydrogen-bond donors (Lipinski definition) is 0. The van der Waals surface area contributed by atoms with Crippen LogP contribution in [0.3, 0.4) is 0 Å². The lowest BCUT2D eigenvalue weighted by Crippen LogP contribution is -2.34. The van der Waals surface area contributed by atoms with Crippen LogP contribution in [-0.4, -0.2) is 46.0 Å². The Morgan fingerprint density at radius 3 is 2.52 bits per heavy atom.